The molecular formula is C18H17FN2O2. The molecule has 5 heteroatoms. The van der Waals surface area contributed by atoms with Crippen molar-refractivity contribution >= 4 is 22.6 Å². The van der Waals surface area contributed by atoms with Crippen LogP contribution in [0.4, 0.5) is 10.1 Å². The van der Waals surface area contributed by atoms with Gasteiger partial charge in [0.25, 0.3) is 5.91 Å². The van der Waals surface area contributed by atoms with E-state index in [-0.39, 0.29) is 11.7 Å². The van der Waals surface area contributed by atoms with Gasteiger partial charge in [0.1, 0.15) is 17.2 Å². The van der Waals surface area contributed by atoms with E-state index in [1.807, 2.05) is 13.0 Å². The summed E-state index contributed by atoms with van der Waals surface area (Å²) in [5.41, 5.74) is 9.20. The number of benzene rings is 2. The van der Waals surface area contributed by atoms with Gasteiger partial charge in [0.05, 0.1) is 5.56 Å². The molecule has 3 aromatic rings. The van der Waals surface area contributed by atoms with Crippen molar-refractivity contribution in [3.63, 3.8) is 0 Å². The van der Waals surface area contributed by atoms with Crippen molar-refractivity contribution in [2.24, 2.45) is 0 Å². The van der Waals surface area contributed by atoms with Crippen molar-refractivity contribution in [3.05, 3.63) is 53.3 Å². The zero-order chi connectivity index (χ0) is 16.6. The molecule has 118 valence electrons. The third kappa shape index (κ3) is 2.54. The van der Waals surface area contributed by atoms with Crippen molar-refractivity contribution in [2.75, 3.05) is 12.8 Å². The Balaban J connectivity index is 2.32. The largest absolute Gasteiger partial charge is 0.455 e. The number of carbonyl (C=O) groups excluding carboxylic acids is 1. The molecule has 3 N–H and O–H groups in total. The Kier molecular flexibility index (Phi) is 3.78. The lowest BCUT2D eigenvalue weighted by molar-refractivity contribution is 0.0964. The third-order valence-electron chi connectivity index (χ3n) is 3.89. The van der Waals surface area contributed by atoms with Crippen LogP contribution >= 0.6 is 0 Å². The number of carbonyl (C=O) groups is 1. The van der Waals surface area contributed by atoms with E-state index < -0.39 is 0 Å². The van der Waals surface area contributed by atoms with E-state index >= 15 is 0 Å². The first-order valence-electron chi connectivity index (χ1n) is 7.38. The number of nitrogens with one attached hydrogen (secondary N) is 1. The number of hydrogen-bond donors (Lipinski definition) is 2. The van der Waals surface area contributed by atoms with Gasteiger partial charge in [0.15, 0.2) is 0 Å². The van der Waals surface area contributed by atoms with Crippen LogP contribution in [-0.2, 0) is 6.42 Å². The summed E-state index contributed by atoms with van der Waals surface area (Å²) in [7, 11) is 1.56. The summed E-state index contributed by atoms with van der Waals surface area (Å²) in [6.45, 7) is 2.00. The van der Waals surface area contributed by atoms with E-state index in [1.165, 1.54) is 12.1 Å². The number of halogens is 1. The minimum absolute atomic E-state index is 0.255. The second kappa shape index (κ2) is 5.76. The Morgan fingerprint density at radius 3 is 2.57 bits per heavy atom. The van der Waals surface area contributed by atoms with Gasteiger partial charge in [-0.3, -0.25) is 4.79 Å². The molecule has 1 amide bonds. The quantitative estimate of drug-likeness (QED) is 0.724. The van der Waals surface area contributed by atoms with Gasteiger partial charge in [-0.2, -0.15) is 0 Å². The molecule has 0 atom stereocenters. The molecule has 1 aromatic heterocycles. The molecule has 3 rings (SSSR count). The molecule has 0 aliphatic rings. The first kappa shape index (κ1) is 15.1. The lowest BCUT2D eigenvalue weighted by Crippen LogP contribution is -2.18. The molecule has 0 unspecified atom stereocenters. The van der Waals surface area contributed by atoms with Crippen molar-refractivity contribution in [2.45, 2.75) is 13.3 Å². The van der Waals surface area contributed by atoms with Gasteiger partial charge in [0.2, 0.25) is 0 Å². The SMILES string of the molecule is CCc1cc2c(C(=O)NC)c(-c3ccc(F)cc3)oc2cc1N. The molecule has 0 fully saturated rings. The van der Waals surface area contributed by atoms with E-state index in [0.717, 1.165) is 12.0 Å². The van der Waals surface area contributed by atoms with Crippen molar-refractivity contribution < 1.29 is 13.6 Å². The molecule has 1 heterocycles. The monoisotopic (exact) mass is 312 g/mol. The van der Waals surface area contributed by atoms with Gasteiger partial charge in [-0.25, -0.2) is 4.39 Å². The van der Waals surface area contributed by atoms with Crippen LogP contribution in [0.3, 0.4) is 0 Å². The normalized spacial score (nSPS) is 10.9. The summed E-state index contributed by atoms with van der Waals surface area (Å²) in [5, 5.41) is 3.33. The Bertz CT molecular complexity index is 882. The zero-order valence-corrected chi connectivity index (χ0v) is 12.9. The van der Waals surface area contributed by atoms with Crippen LogP contribution in [0.1, 0.15) is 22.8 Å². The molecule has 0 radical (unpaired) electrons. The number of hydrogen-bond acceptors (Lipinski definition) is 3. The van der Waals surface area contributed by atoms with E-state index in [9.17, 15) is 9.18 Å². The summed E-state index contributed by atoms with van der Waals surface area (Å²) in [6.07, 6.45) is 0.756. The molecule has 0 saturated carbocycles. The fourth-order valence-electron chi connectivity index (χ4n) is 2.66. The Morgan fingerprint density at radius 2 is 1.96 bits per heavy atom. The summed E-state index contributed by atoms with van der Waals surface area (Å²) in [6, 6.07) is 9.45. The van der Waals surface area contributed by atoms with Gasteiger partial charge in [-0.05, 0) is 42.3 Å². The number of nitrogen functional groups attached to an aromatic ring is 1. The fraction of sp³-hybridized carbons (Fsp3) is 0.167. The molecule has 0 aliphatic heterocycles. The van der Waals surface area contributed by atoms with Crippen LogP contribution in [0.25, 0.3) is 22.3 Å². The van der Waals surface area contributed by atoms with Crippen LogP contribution in [0.5, 0.6) is 0 Å². The summed E-state index contributed by atoms with van der Waals surface area (Å²) >= 11 is 0. The Hall–Kier alpha value is -2.82. The number of nitrogens with two attached hydrogens (primary N) is 1. The van der Waals surface area contributed by atoms with Crippen LogP contribution in [0.15, 0.2) is 40.8 Å². The fourth-order valence-corrected chi connectivity index (χ4v) is 2.66. The lowest BCUT2D eigenvalue weighted by Gasteiger charge is -2.04. The van der Waals surface area contributed by atoms with Gasteiger partial charge >= 0.3 is 0 Å². The first-order valence-corrected chi connectivity index (χ1v) is 7.38. The maximum atomic E-state index is 13.2. The minimum Gasteiger partial charge on any atom is -0.455 e. The zero-order valence-electron chi connectivity index (χ0n) is 12.9. The van der Waals surface area contributed by atoms with E-state index in [2.05, 4.69) is 5.32 Å². The van der Waals surface area contributed by atoms with Crippen LogP contribution in [0.2, 0.25) is 0 Å². The average Bonchev–Trinajstić information content (AvgIpc) is 2.92. The molecular weight excluding hydrogens is 295 g/mol. The predicted octanol–water partition coefficient (Wildman–Crippen LogP) is 3.74. The Labute approximate surface area is 133 Å². The Morgan fingerprint density at radius 1 is 1.26 bits per heavy atom. The summed E-state index contributed by atoms with van der Waals surface area (Å²) in [5.74, 6) is -0.189. The molecule has 0 saturated heterocycles. The second-order valence-corrected chi connectivity index (χ2v) is 5.29. The smallest absolute Gasteiger partial charge is 0.255 e. The molecule has 2 aromatic carbocycles. The van der Waals surface area contributed by atoms with Crippen molar-refractivity contribution in [1.82, 2.24) is 5.32 Å². The predicted molar refractivity (Wildman–Crippen MR) is 88.8 cm³/mol. The highest BCUT2D eigenvalue weighted by atomic mass is 19.1. The average molecular weight is 312 g/mol. The summed E-state index contributed by atoms with van der Waals surface area (Å²) in [4.78, 5) is 12.4. The number of aryl methyl sites for hydroxylation is 1. The standard InChI is InChI=1S/C18H17FN2O2/c1-3-10-8-13-15(9-14(10)20)23-17(16(13)18(22)21-2)11-4-6-12(19)7-5-11/h4-9H,3,20H2,1-2H3,(H,21,22). The van der Waals surface area contributed by atoms with Gasteiger partial charge < -0.3 is 15.5 Å². The molecule has 23 heavy (non-hydrogen) atoms. The molecule has 4 nitrogen and oxygen atoms in total. The first-order chi connectivity index (χ1) is 11.0. The van der Waals surface area contributed by atoms with Gasteiger partial charge in [-0.15, -0.1) is 0 Å². The molecule has 0 spiro atoms. The number of rotatable bonds is 3. The van der Waals surface area contributed by atoms with Crippen LogP contribution < -0.4 is 11.1 Å². The van der Waals surface area contributed by atoms with Gasteiger partial charge in [-0.1, -0.05) is 6.92 Å². The highest BCUT2D eigenvalue weighted by Crippen LogP contribution is 2.36. The number of amides is 1. The van der Waals surface area contributed by atoms with E-state index in [1.54, 1.807) is 25.2 Å². The number of furan rings is 1. The van der Waals surface area contributed by atoms with Crippen LogP contribution in [0, 0.1) is 5.82 Å². The second-order valence-electron chi connectivity index (χ2n) is 5.29. The summed E-state index contributed by atoms with van der Waals surface area (Å²) < 4.78 is 19.0. The topological polar surface area (TPSA) is 68.3 Å². The highest BCUT2D eigenvalue weighted by Gasteiger charge is 2.22. The minimum atomic E-state index is -0.344. The van der Waals surface area contributed by atoms with E-state index in [0.29, 0.717) is 33.5 Å². The molecule has 0 aliphatic carbocycles. The molecule has 0 bridgehead atoms. The van der Waals surface area contributed by atoms with Crippen molar-refractivity contribution in [3.8, 4) is 11.3 Å². The van der Waals surface area contributed by atoms with Crippen molar-refractivity contribution in [1.29, 1.82) is 0 Å². The number of fused-ring (bicyclic) bond motifs is 1. The van der Waals surface area contributed by atoms with Crippen LogP contribution in [-0.4, -0.2) is 13.0 Å². The third-order valence-corrected chi connectivity index (χ3v) is 3.89. The number of anilines is 1. The van der Waals surface area contributed by atoms with Gasteiger partial charge in [0, 0.05) is 29.8 Å². The maximum absolute atomic E-state index is 13.2. The lowest BCUT2D eigenvalue weighted by atomic mass is 10.0. The maximum Gasteiger partial charge on any atom is 0.255 e. The van der Waals surface area contributed by atoms with E-state index in [4.69, 9.17) is 10.2 Å². The highest BCUT2D eigenvalue weighted by molar-refractivity contribution is 6.11.